The summed E-state index contributed by atoms with van der Waals surface area (Å²) in [6, 6.07) is 9.37. The number of hydrogen-bond donors (Lipinski definition) is 0. The van der Waals surface area contributed by atoms with Gasteiger partial charge in [0.25, 0.3) is 0 Å². The second kappa shape index (κ2) is 5.36. The zero-order chi connectivity index (χ0) is 13.1. The molecule has 0 saturated heterocycles. The number of thiophene rings is 1. The monoisotopic (exact) mass is 260 g/mol. The quantitative estimate of drug-likeness (QED) is 0.777. The van der Waals surface area contributed by atoms with Gasteiger partial charge in [-0.3, -0.25) is 4.79 Å². The minimum atomic E-state index is 0.0913. The van der Waals surface area contributed by atoms with Gasteiger partial charge in [-0.05, 0) is 56.7 Å². The lowest BCUT2D eigenvalue weighted by molar-refractivity contribution is 0.104. The zero-order valence-corrected chi connectivity index (χ0v) is 11.6. The summed E-state index contributed by atoms with van der Waals surface area (Å²) in [6.07, 6.45) is 0. The molecule has 2 aromatic rings. The highest BCUT2D eigenvalue weighted by Crippen LogP contribution is 2.24. The number of carbonyl (C=O) groups is 1. The summed E-state index contributed by atoms with van der Waals surface area (Å²) in [5.41, 5.74) is 1.76. The van der Waals surface area contributed by atoms with Crippen molar-refractivity contribution < 1.29 is 9.53 Å². The highest BCUT2D eigenvalue weighted by Gasteiger charge is 2.14. The molecule has 94 valence electrons. The Kier molecular flexibility index (Phi) is 3.82. The SMILES string of the molecule is CCOc1ccc(C(=O)c2sc(C)cc2C)cc1. The van der Waals surface area contributed by atoms with Gasteiger partial charge in [0, 0.05) is 10.4 Å². The molecule has 0 N–H and O–H groups in total. The molecule has 18 heavy (non-hydrogen) atoms. The summed E-state index contributed by atoms with van der Waals surface area (Å²) < 4.78 is 5.37. The van der Waals surface area contributed by atoms with E-state index in [0.29, 0.717) is 12.2 Å². The van der Waals surface area contributed by atoms with Crippen LogP contribution in [0.15, 0.2) is 30.3 Å². The number of rotatable bonds is 4. The summed E-state index contributed by atoms with van der Waals surface area (Å²) in [4.78, 5) is 14.3. The maximum atomic E-state index is 12.3. The van der Waals surface area contributed by atoms with E-state index in [1.807, 2.05) is 51.1 Å². The molecule has 0 amide bonds. The van der Waals surface area contributed by atoms with Crippen molar-refractivity contribution in [2.75, 3.05) is 6.61 Å². The third kappa shape index (κ3) is 2.62. The first-order chi connectivity index (χ1) is 8.61. The minimum absolute atomic E-state index is 0.0913. The van der Waals surface area contributed by atoms with Gasteiger partial charge in [-0.15, -0.1) is 11.3 Å². The van der Waals surface area contributed by atoms with Crippen LogP contribution < -0.4 is 4.74 Å². The maximum Gasteiger partial charge on any atom is 0.203 e. The predicted octanol–water partition coefficient (Wildman–Crippen LogP) is 3.99. The fourth-order valence-electron chi connectivity index (χ4n) is 1.87. The van der Waals surface area contributed by atoms with Gasteiger partial charge < -0.3 is 4.74 Å². The highest BCUT2D eigenvalue weighted by molar-refractivity contribution is 7.14. The average molecular weight is 260 g/mol. The van der Waals surface area contributed by atoms with Crippen LogP contribution >= 0.6 is 11.3 Å². The Morgan fingerprint density at radius 2 is 1.89 bits per heavy atom. The van der Waals surface area contributed by atoms with Gasteiger partial charge in [-0.1, -0.05) is 0 Å². The van der Waals surface area contributed by atoms with Gasteiger partial charge in [0.05, 0.1) is 11.5 Å². The zero-order valence-electron chi connectivity index (χ0n) is 10.8. The molecule has 0 atom stereocenters. The van der Waals surface area contributed by atoms with Gasteiger partial charge in [0.2, 0.25) is 5.78 Å². The minimum Gasteiger partial charge on any atom is -0.494 e. The van der Waals surface area contributed by atoms with Crippen LogP contribution in [0.2, 0.25) is 0 Å². The topological polar surface area (TPSA) is 26.3 Å². The van der Waals surface area contributed by atoms with Gasteiger partial charge in [-0.25, -0.2) is 0 Å². The number of ether oxygens (including phenoxy) is 1. The van der Waals surface area contributed by atoms with Gasteiger partial charge in [-0.2, -0.15) is 0 Å². The first-order valence-corrected chi connectivity index (χ1v) is 6.78. The smallest absolute Gasteiger partial charge is 0.203 e. The Morgan fingerprint density at radius 1 is 1.22 bits per heavy atom. The van der Waals surface area contributed by atoms with Gasteiger partial charge in [0.1, 0.15) is 5.75 Å². The standard InChI is InChI=1S/C15H16O2S/c1-4-17-13-7-5-12(6-8-13)14(16)15-10(2)9-11(3)18-15/h5-9H,4H2,1-3H3. The first-order valence-electron chi connectivity index (χ1n) is 5.96. The van der Waals surface area contributed by atoms with E-state index in [9.17, 15) is 4.79 Å². The Morgan fingerprint density at radius 3 is 2.39 bits per heavy atom. The summed E-state index contributed by atoms with van der Waals surface area (Å²) in [5.74, 6) is 0.891. The van der Waals surface area contributed by atoms with Crippen molar-refractivity contribution in [1.29, 1.82) is 0 Å². The molecule has 1 aromatic heterocycles. The van der Waals surface area contributed by atoms with Crippen LogP contribution in [0.1, 0.15) is 32.6 Å². The molecule has 0 radical (unpaired) electrons. The van der Waals surface area contributed by atoms with Crippen LogP contribution in [0.4, 0.5) is 0 Å². The molecule has 0 fully saturated rings. The molecule has 1 aromatic carbocycles. The van der Waals surface area contributed by atoms with E-state index in [2.05, 4.69) is 0 Å². The number of carbonyl (C=O) groups excluding carboxylic acids is 1. The van der Waals surface area contributed by atoms with Crippen molar-refractivity contribution in [3.05, 3.63) is 51.2 Å². The molecule has 0 saturated carbocycles. The van der Waals surface area contributed by atoms with Crippen molar-refractivity contribution in [3.63, 3.8) is 0 Å². The van der Waals surface area contributed by atoms with E-state index in [0.717, 1.165) is 16.2 Å². The van der Waals surface area contributed by atoms with Gasteiger partial charge >= 0.3 is 0 Å². The van der Waals surface area contributed by atoms with Crippen LogP contribution in [-0.2, 0) is 0 Å². The van der Waals surface area contributed by atoms with Crippen LogP contribution in [0.25, 0.3) is 0 Å². The highest BCUT2D eigenvalue weighted by atomic mass is 32.1. The summed E-state index contributed by atoms with van der Waals surface area (Å²) in [5, 5.41) is 0. The van der Waals surface area contributed by atoms with E-state index in [4.69, 9.17) is 4.74 Å². The second-order valence-corrected chi connectivity index (χ2v) is 5.41. The van der Waals surface area contributed by atoms with E-state index in [1.165, 1.54) is 4.88 Å². The molecule has 1 heterocycles. The molecule has 2 rings (SSSR count). The molecule has 0 aliphatic carbocycles. The molecule has 0 spiro atoms. The Bertz CT molecular complexity index is 552. The van der Waals surface area contributed by atoms with E-state index < -0.39 is 0 Å². The lowest BCUT2D eigenvalue weighted by Gasteiger charge is -2.04. The second-order valence-electron chi connectivity index (χ2n) is 4.16. The first kappa shape index (κ1) is 12.8. The molecule has 0 unspecified atom stereocenters. The Balaban J connectivity index is 2.26. The Labute approximate surface area is 111 Å². The lowest BCUT2D eigenvalue weighted by Crippen LogP contribution is -2.00. The molecule has 2 nitrogen and oxygen atoms in total. The molecule has 0 bridgehead atoms. The summed E-state index contributed by atoms with van der Waals surface area (Å²) in [6.45, 7) is 6.57. The fourth-order valence-corrected chi connectivity index (χ4v) is 2.86. The van der Waals surface area contributed by atoms with Crippen LogP contribution in [0, 0.1) is 13.8 Å². The molecular weight excluding hydrogens is 244 g/mol. The predicted molar refractivity (Wildman–Crippen MR) is 74.8 cm³/mol. The molecule has 0 aliphatic rings. The van der Waals surface area contributed by atoms with Crippen LogP contribution in [0.5, 0.6) is 5.75 Å². The largest absolute Gasteiger partial charge is 0.494 e. The number of hydrogen-bond acceptors (Lipinski definition) is 3. The number of benzene rings is 1. The van der Waals surface area contributed by atoms with Gasteiger partial charge in [0.15, 0.2) is 0 Å². The van der Waals surface area contributed by atoms with Crippen molar-refractivity contribution >= 4 is 17.1 Å². The van der Waals surface area contributed by atoms with Crippen molar-refractivity contribution in [3.8, 4) is 5.75 Å². The molecular formula is C15H16O2S. The Hall–Kier alpha value is -1.61. The third-order valence-corrected chi connectivity index (χ3v) is 3.83. The van der Waals surface area contributed by atoms with Crippen molar-refractivity contribution in [2.45, 2.75) is 20.8 Å². The third-order valence-electron chi connectivity index (χ3n) is 2.67. The van der Waals surface area contributed by atoms with E-state index >= 15 is 0 Å². The number of ketones is 1. The summed E-state index contributed by atoms with van der Waals surface area (Å²) in [7, 11) is 0. The normalized spacial score (nSPS) is 10.4. The van der Waals surface area contributed by atoms with Crippen LogP contribution in [0.3, 0.4) is 0 Å². The average Bonchev–Trinajstić information content (AvgIpc) is 2.69. The van der Waals surface area contributed by atoms with E-state index in [-0.39, 0.29) is 5.78 Å². The fraction of sp³-hybridized carbons (Fsp3) is 0.267. The molecule has 3 heteroatoms. The van der Waals surface area contributed by atoms with Crippen molar-refractivity contribution in [2.24, 2.45) is 0 Å². The van der Waals surface area contributed by atoms with E-state index in [1.54, 1.807) is 11.3 Å². The van der Waals surface area contributed by atoms with Crippen molar-refractivity contribution in [1.82, 2.24) is 0 Å². The van der Waals surface area contributed by atoms with Crippen LogP contribution in [-0.4, -0.2) is 12.4 Å². The lowest BCUT2D eigenvalue weighted by atomic mass is 10.1. The number of aryl methyl sites for hydroxylation is 2. The molecule has 0 aliphatic heterocycles. The summed E-state index contributed by atoms with van der Waals surface area (Å²) >= 11 is 1.55. The maximum absolute atomic E-state index is 12.3.